The third-order valence-electron chi connectivity index (χ3n) is 5.89. The third kappa shape index (κ3) is 5.08. The van der Waals surface area contributed by atoms with Crippen LogP contribution in [0.4, 0.5) is 0 Å². The molecule has 2 aliphatic rings. The Bertz CT molecular complexity index is 701. The van der Waals surface area contributed by atoms with Gasteiger partial charge in [-0.1, -0.05) is 24.1 Å². The standard InChI is InChI=1S/C21H28N2O4/c1-13-3-6-16(7-4-13)21(26)22-11-20(25)27-12-19(24)23-14(2)18-10-15-5-8-17(18)9-15/h3-4,6-7,14-15,17-18H,5,8-12H2,1-2H3,(H,22,26)(H,23,24)/t14-,15+,17+,18-/m1/s1. The summed E-state index contributed by atoms with van der Waals surface area (Å²) in [6.45, 7) is 3.39. The van der Waals surface area contributed by atoms with Crippen LogP contribution in [0, 0.1) is 24.7 Å². The second-order valence-electron chi connectivity index (χ2n) is 7.90. The molecule has 2 saturated carbocycles. The van der Waals surface area contributed by atoms with Crippen molar-refractivity contribution in [3.63, 3.8) is 0 Å². The summed E-state index contributed by atoms with van der Waals surface area (Å²) in [6.07, 6.45) is 5.08. The molecule has 146 valence electrons. The number of hydrogen-bond acceptors (Lipinski definition) is 4. The molecular formula is C21H28N2O4. The summed E-state index contributed by atoms with van der Waals surface area (Å²) in [5, 5.41) is 5.46. The van der Waals surface area contributed by atoms with Crippen LogP contribution in [-0.4, -0.2) is 37.0 Å². The molecule has 0 unspecified atom stereocenters. The van der Waals surface area contributed by atoms with E-state index in [-0.39, 0.29) is 31.0 Å². The van der Waals surface area contributed by atoms with E-state index in [1.165, 1.54) is 25.7 Å². The number of fused-ring (bicyclic) bond motifs is 2. The van der Waals surface area contributed by atoms with Gasteiger partial charge in [0.05, 0.1) is 0 Å². The predicted molar refractivity (Wildman–Crippen MR) is 101 cm³/mol. The molecule has 0 radical (unpaired) electrons. The Balaban J connectivity index is 1.34. The Morgan fingerprint density at radius 2 is 1.89 bits per heavy atom. The van der Waals surface area contributed by atoms with Crippen molar-refractivity contribution >= 4 is 17.8 Å². The molecule has 27 heavy (non-hydrogen) atoms. The predicted octanol–water partition coefficient (Wildman–Crippen LogP) is 2.21. The zero-order valence-corrected chi connectivity index (χ0v) is 16.0. The summed E-state index contributed by atoms with van der Waals surface area (Å²) in [7, 11) is 0. The lowest BCUT2D eigenvalue weighted by Crippen LogP contribution is -2.42. The number of ether oxygens (including phenoxy) is 1. The van der Waals surface area contributed by atoms with Crippen molar-refractivity contribution in [3.8, 4) is 0 Å². The van der Waals surface area contributed by atoms with Crippen molar-refractivity contribution in [2.75, 3.05) is 13.2 Å². The number of carbonyl (C=O) groups is 3. The fraction of sp³-hybridized carbons (Fsp3) is 0.571. The van der Waals surface area contributed by atoms with Gasteiger partial charge in [-0.25, -0.2) is 0 Å². The molecule has 2 bridgehead atoms. The van der Waals surface area contributed by atoms with Crippen molar-refractivity contribution in [1.29, 1.82) is 0 Å². The maximum absolute atomic E-state index is 12.0. The maximum atomic E-state index is 12.0. The van der Waals surface area contributed by atoms with E-state index < -0.39 is 5.97 Å². The Morgan fingerprint density at radius 1 is 1.15 bits per heavy atom. The van der Waals surface area contributed by atoms with E-state index in [0.717, 1.165) is 17.4 Å². The number of benzene rings is 1. The summed E-state index contributed by atoms with van der Waals surface area (Å²) in [5.74, 6) is 0.833. The van der Waals surface area contributed by atoms with Gasteiger partial charge in [0.2, 0.25) is 0 Å². The monoisotopic (exact) mass is 372 g/mol. The van der Waals surface area contributed by atoms with Gasteiger partial charge in [0.15, 0.2) is 6.61 Å². The van der Waals surface area contributed by atoms with Crippen molar-refractivity contribution in [2.45, 2.75) is 45.6 Å². The minimum atomic E-state index is -0.627. The SMILES string of the molecule is Cc1ccc(C(=O)NCC(=O)OCC(=O)N[C@H](C)[C@H]2C[C@H]3CC[C@H]2C3)cc1. The van der Waals surface area contributed by atoms with Crippen molar-refractivity contribution in [2.24, 2.45) is 17.8 Å². The van der Waals surface area contributed by atoms with Gasteiger partial charge in [-0.15, -0.1) is 0 Å². The summed E-state index contributed by atoms with van der Waals surface area (Å²) >= 11 is 0. The highest BCUT2D eigenvalue weighted by molar-refractivity contribution is 5.96. The Hall–Kier alpha value is -2.37. The number of nitrogens with one attached hydrogen (secondary N) is 2. The Kier molecular flexibility index (Phi) is 6.14. The van der Waals surface area contributed by atoms with E-state index in [0.29, 0.717) is 11.5 Å². The average molecular weight is 372 g/mol. The van der Waals surface area contributed by atoms with Crippen LogP contribution in [0.2, 0.25) is 0 Å². The topological polar surface area (TPSA) is 84.5 Å². The highest BCUT2D eigenvalue weighted by atomic mass is 16.5. The number of carbonyl (C=O) groups excluding carboxylic acids is 3. The number of amides is 2. The molecule has 0 aromatic heterocycles. The lowest BCUT2D eigenvalue weighted by atomic mass is 9.84. The van der Waals surface area contributed by atoms with E-state index in [9.17, 15) is 14.4 Å². The molecule has 2 aliphatic carbocycles. The van der Waals surface area contributed by atoms with E-state index in [1.54, 1.807) is 12.1 Å². The molecule has 1 aromatic carbocycles. The van der Waals surface area contributed by atoms with E-state index in [1.807, 2.05) is 26.0 Å². The zero-order chi connectivity index (χ0) is 19.4. The molecule has 0 saturated heterocycles. The van der Waals surface area contributed by atoms with E-state index in [2.05, 4.69) is 10.6 Å². The van der Waals surface area contributed by atoms with Gasteiger partial charge in [-0.3, -0.25) is 14.4 Å². The lowest BCUT2D eigenvalue weighted by Gasteiger charge is -2.28. The van der Waals surface area contributed by atoms with Crippen molar-refractivity contribution in [1.82, 2.24) is 10.6 Å². The van der Waals surface area contributed by atoms with Crippen LogP contribution < -0.4 is 10.6 Å². The molecule has 0 spiro atoms. The maximum Gasteiger partial charge on any atom is 0.325 e. The normalized spacial score (nSPS) is 24.3. The summed E-state index contributed by atoms with van der Waals surface area (Å²) in [6, 6.07) is 7.15. The molecule has 3 rings (SSSR count). The number of esters is 1. The van der Waals surface area contributed by atoms with Crippen LogP contribution in [0.5, 0.6) is 0 Å². The molecular weight excluding hydrogens is 344 g/mol. The van der Waals surface area contributed by atoms with Crippen LogP contribution in [0.3, 0.4) is 0 Å². The van der Waals surface area contributed by atoms with Crippen molar-refractivity contribution in [3.05, 3.63) is 35.4 Å². The van der Waals surface area contributed by atoms with Crippen LogP contribution >= 0.6 is 0 Å². The van der Waals surface area contributed by atoms with Gasteiger partial charge in [-0.05, 0) is 63.0 Å². The third-order valence-corrected chi connectivity index (χ3v) is 5.89. The van der Waals surface area contributed by atoms with Crippen LogP contribution in [0.1, 0.15) is 48.5 Å². The second kappa shape index (κ2) is 8.55. The van der Waals surface area contributed by atoms with Crippen LogP contribution in [0.15, 0.2) is 24.3 Å². The highest BCUT2D eigenvalue weighted by Gasteiger charge is 2.42. The quantitative estimate of drug-likeness (QED) is 0.719. The second-order valence-corrected chi connectivity index (χ2v) is 7.90. The number of rotatable bonds is 7. The fourth-order valence-corrected chi connectivity index (χ4v) is 4.47. The largest absolute Gasteiger partial charge is 0.454 e. The molecule has 1 aromatic rings. The minimum absolute atomic E-state index is 0.104. The van der Waals surface area contributed by atoms with Gasteiger partial charge < -0.3 is 15.4 Å². The zero-order valence-electron chi connectivity index (χ0n) is 16.0. The molecule has 2 amide bonds. The van der Waals surface area contributed by atoms with Gasteiger partial charge in [0, 0.05) is 11.6 Å². The molecule has 0 aliphatic heterocycles. The molecule has 6 nitrogen and oxygen atoms in total. The first-order chi connectivity index (χ1) is 12.9. The van der Waals surface area contributed by atoms with E-state index in [4.69, 9.17) is 4.74 Å². The minimum Gasteiger partial charge on any atom is -0.454 e. The summed E-state index contributed by atoms with van der Waals surface area (Å²) in [5.41, 5.74) is 1.53. The summed E-state index contributed by atoms with van der Waals surface area (Å²) in [4.78, 5) is 35.8. The average Bonchev–Trinajstić information content (AvgIpc) is 3.28. The molecule has 0 heterocycles. The molecule has 4 atom stereocenters. The highest BCUT2D eigenvalue weighted by Crippen LogP contribution is 2.49. The van der Waals surface area contributed by atoms with E-state index >= 15 is 0 Å². The lowest BCUT2D eigenvalue weighted by molar-refractivity contribution is -0.147. The smallest absolute Gasteiger partial charge is 0.325 e. The van der Waals surface area contributed by atoms with Gasteiger partial charge in [0.25, 0.3) is 11.8 Å². The van der Waals surface area contributed by atoms with Gasteiger partial charge in [0.1, 0.15) is 6.54 Å². The first-order valence-corrected chi connectivity index (χ1v) is 9.72. The Morgan fingerprint density at radius 3 is 2.52 bits per heavy atom. The first-order valence-electron chi connectivity index (χ1n) is 9.72. The van der Waals surface area contributed by atoms with Crippen LogP contribution in [0.25, 0.3) is 0 Å². The fourth-order valence-electron chi connectivity index (χ4n) is 4.47. The first kappa shape index (κ1) is 19.4. The van der Waals surface area contributed by atoms with Crippen molar-refractivity contribution < 1.29 is 19.1 Å². The van der Waals surface area contributed by atoms with Gasteiger partial charge in [-0.2, -0.15) is 0 Å². The van der Waals surface area contributed by atoms with Crippen LogP contribution in [-0.2, 0) is 14.3 Å². The number of aryl methyl sites for hydroxylation is 1. The molecule has 2 fully saturated rings. The summed E-state index contributed by atoms with van der Waals surface area (Å²) < 4.78 is 4.97. The Labute approximate surface area is 160 Å². The van der Waals surface area contributed by atoms with Gasteiger partial charge >= 0.3 is 5.97 Å². The number of hydrogen-bond donors (Lipinski definition) is 2. The molecule has 2 N–H and O–H groups in total. The molecule has 6 heteroatoms.